The molecule has 0 fully saturated rings. The third-order valence-electron chi connectivity index (χ3n) is 13.3. The normalized spacial score (nSPS) is 19.6. The lowest BCUT2D eigenvalue weighted by atomic mass is 9.86. The number of benzene rings is 6. The van der Waals surface area contributed by atoms with Crippen LogP contribution in [0, 0.1) is 0 Å². The zero-order valence-electron chi connectivity index (χ0n) is 35.1. The topological polar surface area (TPSA) is 52.0 Å². The summed E-state index contributed by atoms with van der Waals surface area (Å²) in [6, 6.07) is 52.7. The van der Waals surface area contributed by atoms with Crippen LogP contribution in [-0.4, -0.2) is 11.7 Å². The summed E-state index contributed by atoms with van der Waals surface area (Å²) in [4.78, 5) is 13.0. The Balaban J connectivity index is 0.837. The van der Waals surface area contributed by atoms with Crippen molar-refractivity contribution in [1.29, 1.82) is 0 Å². The Morgan fingerprint density at radius 1 is 0.540 bits per heavy atom. The van der Waals surface area contributed by atoms with E-state index in [2.05, 4.69) is 198 Å². The maximum Gasteiger partial charge on any atom is 0.169 e. The van der Waals surface area contributed by atoms with Gasteiger partial charge < -0.3 is 15.5 Å². The molecule has 5 nitrogen and oxygen atoms in total. The molecule has 0 spiro atoms. The highest BCUT2D eigenvalue weighted by molar-refractivity contribution is 6.16. The second kappa shape index (κ2) is 15.8. The molecule has 0 bridgehead atoms. The first-order valence-electron chi connectivity index (χ1n) is 22.5. The fraction of sp³-hybridized carbons (Fsp3) is 0.138. The second-order valence-corrected chi connectivity index (χ2v) is 17.1. The van der Waals surface area contributed by atoms with E-state index in [-0.39, 0.29) is 12.3 Å². The van der Waals surface area contributed by atoms with Gasteiger partial charge >= 0.3 is 0 Å². The number of allylic oxidation sites excluding steroid dienone is 10. The number of rotatable bonds is 7. The van der Waals surface area contributed by atoms with Crippen molar-refractivity contribution in [2.24, 2.45) is 9.98 Å². The molecule has 3 aliphatic heterocycles. The molecule has 0 saturated heterocycles. The van der Waals surface area contributed by atoms with Crippen molar-refractivity contribution in [1.82, 2.24) is 5.32 Å². The number of hydrogen-bond donors (Lipinski definition) is 2. The lowest BCUT2D eigenvalue weighted by Crippen LogP contribution is -2.36. The minimum atomic E-state index is -0.361. The first kappa shape index (κ1) is 37.3. The summed E-state index contributed by atoms with van der Waals surface area (Å²) in [6.45, 7) is 0. The smallest absolute Gasteiger partial charge is 0.169 e. The van der Waals surface area contributed by atoms with Crippen molar-refractivity contribution >= 4 is 34.2 Å². The highest BCUT2D eigenvalue weighted by atomic mass is 15.3. The summed E-state index contributed by atoms with van der Waals surface area (Å²) >= 11 is 0. The molecule has 0 aromatic heterocycles. The van der Waals surface area contributed by atoms with Gasteiger partial charge in [-0.15, -0.1) is 0 Å². The van der Waals surface area contributed by atoms with Gasteiger partial charge in [0.2, 0.25) is 0 Å². The Kier molecular flexibility index (Phi) is 9.32. The van der Waals surface area contributed by atoms with E-state index < -0.39 is 0 Å². The van der Waals surface area contributed by atoms with Crippen LogP contribution in [0.2, 0.25) is 0 Å². The predicted octanol–water partition coefficient (Wildman–Crippen LogP) is 13.9. The van der Waals surface area contributed by atoms with Gasteiger partial charge in [-0.1, -0.05) is 164 Å². The van der Waals surface area contributed by atoms with Gasteiger partial charge in [-0.05, 0) is 118 Å². The molecule has 3 heterocycles. The van der Waals surface area contributed by atoms with Gasteiger partial charge in [0.25, 0.3) is 0 Å². The molecule has 2 N–H and O–H groups in total. The van der Waals surface area contributed by atoms with E-state index in [0.717, 1.165) is 78.0 Å². The van der Waals surface area contributed by atoms with E-state index >= 15 is 0 Å². The van der Waals surface area contributed by atoms with Gasteiger partial charge in [0, 0.05) is 28.0 Å². The molecule has 5 heteroatoms. The number of nitrogens with zero attached hydrogens (tertiary/aromatic N) is 3. The molecule has 0 amide bonds. The highest BCUT2D eigenvalue weighted by Gasteiger charge is 2.39. The van der Waals surface area contributed by atoms with Crippen LogP contribution >= 0.6 is 0 Å². The number of aliphatic imine (C=N–C) groups is 2. The van der Waals surface area contributed by atoms with E-state index in [0.29, 0.717) is 0 Å². The van der Waals surface area contributed by atoms with Crippen LogP contribution in [0.1, 0.15) is 84.2 Å². The first-order chi connectivity index (χ1) is 31.2. The third kappa shape index (κ3) is 6.81. The lowest BCUT2D eigenvalue weighted by molar-refractivity contribution is 0.756. The summed E-state index contributed by atoms with van der Waals surface area (Å²) < 4.78 is 0. The maximum absolute atomic E-state index is 5.21. The van der Waals surface area contributed by atoms with Gasteiger partial charge in [0.1, 0.15) is 17.8 Å². The molecular formula is C58H47N5. The molecule has 6 aromatic rings. The van der Waals surface area contributed by atoms with Crippen LogP contribution in [0.4, 0.5) is 11.4 Å². The van der Waals surface area contributed by atoms with Gasteiger partial charge in [-0.2, -0.15) is 0 Å². The molecule has 6 aliphatic rings. The van der Waals surface area contributed by atoms with Crippen molar-refractivity contribution in [3.05, 3.63) is 238 Å². The maximum atomic E-state index is 5.21. The van der Waals surface area contributed by atoms with E-state index in [4.69, 9.17) is 9.98 Å². The number of anilines is 2. The summed E-state index contributed by atoms with van der Waals surface area (Å²) in [6.07, 6.45) is 22.3. The van der Waals surface area contributed by atoms with E-state index in [1.165, 1.54) is 67.2 Å². The molecule has 6 aromatic carbocycles. The number of hydrogen-bond acceptors (Lipinski definition) is 5. The highest BCUT2D eigenvalue weighted by Crippen LogP contribution is 2.54. The minimum absolute atomic E-state index is 0.00127. The Labute approximate surface area is 369 Å². The van der Waals surface area contributed by atoms with Crippen LogP contribution in [-0.2, 0) is 0 Å². The number of nitrogens with one attached hydrogen (secondary N) is 2. The van der Waals surface area contributed by atoms with Gasteiger partial charge in [-0.3, -0.25) is 0 Å². The van der Waals surface area contributed by atoms with Crippen molar-refractivity contribution in [3.8, 4) is 22.3 Å². The molecule has 3 aliphatic carbocycles. The fourth-order valence-electron chi connectivity index (χ4n) is 10.1. The zero-order chi connectivity index (χ0) is 41.7. The average Bonchev–Trinajstić information content (AvgIpc) is 3.71. The zero-order valence-corrected chi connectivity index (χ0v) is 35.1. The summed E-state index contributed by atoms with van der Waals surface area (Å²) in [7, 11) is 0. The molecule has 0 radical (unpaired) electrons. The standard InChI is InChI=1S/C58H47N5/c1-3-15-38(16-4-1)43-20-12-23-46(36-43)56-60-55(40-17-5-2-6-18-40)61-57(62-56)47-24-13-22-45(37-47)44-21-11-19-42(35-44)39-31-33-41(34-32-39)58-59-52-29-14-28-51-49-26-8-7-25-48(49)50-27-9-10-30-53(50)63(58)54(51)52/h1-3,5-7,11-15,17-25,27-37,55,58-59H,4,8-10,16,26H2,(H,60,61,62). The Morgan fingerprint density at radius 2 is 1.21 bits per heavy atom. The Hall–Kier alpha value is -7.50. The molecule has 2 atom stereocenters. The molecule has 304 valence electrons. The SMILES string of the molecule is C1=CCCC(c2cccc(C3=NC(c4ccccc4)N=C(c4cccc(-c5cccc(-c6ccc(C7Nc8cccc9c8N7C7=CCCC=C7C7=C9CCC=C7)cc6)c5)c4)N3)c2)=C1. The van der Waals surface area contributed by atoms with E-state index in [1.54, 1.807) is 0 Å². The third-order valence-corrected chi connectivity index (χ3v) is 13.3. The summed E-state index contributed by atoms with van der Waals surface area (Å²) in [5, 5.41) is 7.60. The number of amidine groups is 2. The quantitative estimate of drug-likeness (QED) is 0.169. The monoisotopic (exact) mass is 813 g/mol. The summed E-state index contributed by atoms with van der Waals surface area (Å²) in [5.74, 6) is 1.64. The fourth-order valence-corrected chi connectivity index (χ4v) is 10.1. The molecule has 63 heavy (non-hydrogen) atoms. The van der Waals surface area contributed by atoms with E-state index in [9.17, 15) is 0 Å². The van der Waals surface area contributed by atoms with Crippen LogP contribution in [0.15, 0.2) is 215 Å². The minimum Gasteiger partial charge on any atom is -0.359 e. The summed E-state index contributed by atoms with van der Waals surface area (Å²) in [5.41, 5.74) is 21.1. The van der Waals surface area contributed by atoms with Crippen LogP contribution < -0.4 is 15.5 Å². The second-order valence-electron chi connectivity index (χ2n) is 17.1. The Bertz CT molecular complexity index is 3060. The Morgan fingerprint density at radius 3 is 1.97 bits per heavy atom. The molecular weight excluding hydrogens is 767 g/mol. The van der Waals surface area contributed by atoms with Crippen LogP contribution in [0.5, 0.6) is 0 Å². The van der Waals surface area contributed by atoms with E-state index in [1.807, 2.05) is 6.07 Å². The molecule has 2 unspecified atom stereocenters. The number of fused-ring (bicyclic) bond motifs is 4. The van der Waals surface area contributed by atoms with Crippen LogP contribution in [0.3, 0.4) is 0 Å². The first-order valence-corrected chi connectivity index (χ1v) is 22.5. The van der Waals surface area contributed by atoms with Gasteiger partial charge in [0.15, 0.2) is 6.17 Å². The van der Waals surface area contributed by atoms with Crippen molar-refractivity contribution in [2.45, 2.75) is 50.9 Å². The predicted molar refractivity (Wildman–Crippen MR) is 261 cm³/mol. The van der Waals surface area contributed by atoms with Crippen molar-refractivity contribution in [3.63, 3.8) is 0 Å². The van der Waals surface area contributed by atoms with Crippen LogP contribution in [0.25, 0.3) is 33.4 Å². The van der Waals surface area contributed by atoms with Crippen molar-refractivity contribution < 1.29 is 0 Å². The molecule has 0 saturated carbocycles. The lowest BCUT2D eigenvalue weighted by Gasteiger charge is -2.32. The van der Waals surface area contributed by atoms with Gasteiger partial charge in [0.05, 0.1) is 11.4 Å². The number of para-hydroxylation sites is 1. The van der Waals surface area contributed by atoms with Gasteiger partial charge in [-0.25, -0.2) is 9.98 Å². The van der Waals surface area contributed by atoms with Crippen molar-refractivity contribution in [2.75, 3.05) is 10.2 Å². The molecule has 12 rings (SSSR count). The largest absolute Gasteiger partial charge is 0.359 e. The average molecular weight is 814 g/mol.